The van der Waals surface area contributed by atoms with E-state index in [1.54, 1.807) is 6.07 Å². The molecule has 1 heterocycles. The van der Waals surface area contributed by atoms with Crippen LogP contribution in [0.2, 0.25) is 0 Å². The summed E-state index contributed by atoms with van der Waals surface area (Å²) in [7, 11) is 0. The van der Waals surface area contributed by atoms with Gasteiger partial charge in [0.25, 0.3) is 0 Å². The molecule has 1 N–H and O–H groups in total. The summed E-state index contributed by atoms with van der Waals surface area (Å²) in [5.74, 6) is 0.232. The van der Waals surface area contributed by atoms with Gasteiger partial charge in [0.15, 0.2) is 0 Å². The summed E-state index contributed by atoms with van der Waals surface area (Å²) < 4.78 is 13.6. The van der Waals surface area contributed by atoms with Crippen molar-refractivity contribution in [2.45, 2.75) is 13.3 Å². The summed E-state index contributed by atoms with van der Waals surface area (Å²) in [6.07, 6.45) is 1.83. The number of aryl methyl sites for hydroxylation is 1. The molecule has 3 nitrogen and oxygen atoms in total. The molecule has 0 aliphatic carbocycles. The van der Waals surface area contributed by atoms with E-state index in [-0.39, 0.29) is 5.82 Å². The van der Waals surface area contributed by atoms with Crippen LogP contribution < -0.4 is 5.43 Å². The van der Waals surface area contributed by atoms with Crippen LogP contribution in [0.4, 0.5) is 10.2 Å². The zero-order valence-electron chi connectivity index (χ0n) is 13.4. The molecule has 0 fully saturated rings. The van der Waals surface area contributed by atoms with E-state index < -0.39 is 0 Å². The highest BCUT2D eigenvalue weighted by Crippen LogP contribution is 2.14. The molecule has 0 radical (unpaired) electrons. The third kappa shape index (κ3) is 3.66. The molecule has 2 aromatic carbocycles. The number of nitrogens with one attached hydrogen (secondary N) is 1. The van der Waals surface area contributed by atoms with E-state index in [2.05, 4.69) is 15.5 Å². The minimum absolute atomic E-state index is 0.293. The van der Waals surface area contributed by atoms with Gasteiger partial charge in [-0.05, 0) is 18.1 Å². The second kappa shape index (κ2) is 7.51. The Bertz CT molecular complexity index is 789. The number of halogens is 1. The van der Waals surface area contributed by atoms with E-state index in [0.717, 1.165) is 16.8 Å². The molecule has 0 spiro atoms. The fourth-order valence-electron chi connectivity index (χ4n) is 2.41. The molecule has 0 atom stereocenters. The van der Waals surface area contributed by atoms with E-state index >= 15 is 0 Å². The van der Waals surface area contributed by atoms with E-state index in [9.17, 15) is 4.39 Å². The molecule has 3 aromatic rings. The number of hydrogen-bond donors (Lipinski definition) is 1. The maximum Gasteiger partial charge on any atom is 0.146 e. The molecule has 0 saturated heterocycles. The molecule has 120 valence electrons. The second-order valence-electron chi connectivity index (χ2n) is 5.32. The predicted molar refractivity (Wildman–Crippen MR) is 95.7 cm³/mol. The lowest BCUT2D eigenvalue weighted by Gasteiger charge is -2.09. The maximum absolute atomic E-state index is 13.6. The van der Waals surface area contributed by atoms with E-state index in [4.69, 9.17) is 0 Å². The quantitative estimate of drug-likeness (QED) is 0.549. The molecule has 4 heteroatoms. The fourth-order valence-corrected chi connectivity index (χ4v) is 2.41. The van der Waals surface area contributed by atoms with Crippen LogP contribution in [0.25, 0.3) is 0 Å². The average Bonchev–Trinajstić information content (AvgIpc) is 2.65. The van der Waals surface area contributed by atoms with Gasteiger partial charge in [-0.1, -0.05) is 67.6 Å². The standard InChI is InChI=1S/C20H18FN3/c1-2-15-13-19(22-14-18(15)21)23-24-20(16-9-5-3-6-10-16)17-11-7-4-8-12-17/h3-14H,2H2,1H3,(H,22,23). The summed E-state index contributed by atoms with van der Waals surface area (Å²) in [5, 5.41) is 4.52. The predicted octanol–water partition coefficient (Wildman–Crippen LogP) is 4.65. The molecule has 0 bridgehead atoms. The van der Waals surface area contributed by atoms with E-state index in [1.807, 2.05) is 67.6 Å². The number of rotatable bonds is 5. The average molecular weight is 319 g/mol. The van der Waals surface area contributed by atoms with Crippen LogP contribution in [-0.4, -0.2) is 10.7 Å². The van der Waals surface area contributed by atoms with Crippen molar-refractivity contribution in [3.05, 3.63) is 95.4 Å². The van der Waals surface area contributed by atoms with Crippen molar-refractivity contribution in [3.63, 3.8) is 0 Å². The van der Waals surface area contributed by atoms with Crippen molar-refractivity contribution in [1.82, 2.24) is 4.98 Å². The minimum Gasteiger partial charge on any atom is -0.261 e. The second-order valence-corrected chi connectivity index (χ2v) is 5.32. The van der Waals surface area contributed by atoms with Crippen LogP contribution in [0.5, 0.6) is 0 Å². The highest BCUT2D eigenvalue weighted by atomic mass is 19.1. The van der Waals surface area contributed by atoms with E-state index in [0.29, 0.717) is 17.8 Å². The molecule has 24 heavy (non-hydrogen) atoms. The Labute approximate surface area is 140 Å². The SMILES string of the molecule is CCc1cc(NN=C(c2ccccc2)c2ccccc2)ncc1F. The van der Waals surface area contributed by atoms with Crippen LogP contribution in [0.3, 0.4) is 0 Å². The first kappa shape index (κ1) is 15.9. The first-order valence-corrected chi connectivity index (χ1v) is 7.87. The van der Waals surface area contributed by atoms with Crippen LogP contribution in [0, 0.1) is 5.82 Å². The lowest BCUT2D eigenvalue weighted by molar-refractivity contribution is 0.606. The van der Waals surface area contributed by atoms with Crippen molar-refractivity contribution in [3.8, 4) is 0 Å². The normalized spacial score (nSPS) is 10.2. The lowest BCUT2D eigenvalue weighted by atomic mass is 10.0. The summed E-state index contributed by atoms with van der Waals surface area (Å²) in [6.45, 7) is 1.91. The largest absolute Gasteiger partial charge is 0.261 e. The third-order valence-corrected chi connectivity index (χ3v) is 3.69. The van der Waals surface area contributed by atoms with Gasteiger partial charge >= 0.3 is 0 Å². The third-order valence-electron chi connectivity index (χ3n) is 3.69. The van der Waals surface area contributed by atoms with Gasteiger partial charge < -0.3 is 0 Å². The smallest absolute Gasteiger partial charge is 0.146 e. The Balaban J connectivity index is 1.96. The molecule has 1 aromatic heterocycles. The number of hydrogen-bond acceptors (Lipinski definition) is 3. The van der Waals surface area contributed by atoms with Crippen molar-refractivity contribution in [2.75, 3.05) is 5.43 Å². The first-order chi connectivity index (χ1) is 11.8. The van der Waals surface area contributed by atoms with E-state index in [1.165, 1.54) is 6.20 Å². The number of pyridine rings is 1. The summed E-state index contributed by atoms with van der Waals surface area (Å²) in [6, 6.07) is 21.5. The number of anilines is 1. The Morgan fingerprint density at radius 2 is 1.58 bits per heavy atom. The molecule has 0 unspecified atom stereocenters. The topological polar surface area (TPSA) is 37.3 Å². The zero-order valence-corrected chi connectivity index (χ0v) is 13.4. The monoisotopic (exact) mass is 319 g/mol. The zero-order chi connectivity index (χ0) is 16.8. The van der Waals surface area contributed by atoms with Crippen molar-refractivity contribution in [1.29, 1.82) is 0 Å². The van der Waals surface area contributed by atoms with Crippen LogP contribution in [0.15, 0.2) is 78.0 Å². The van der Waals surface area contributed by atoms with Crippen LogP contribution in [0.1, 0.15) is 23.6 Å². The number of aromatic nitrogens is 1. The molecule has 0 saturated carbocycles. The Morgan fingerprint density at radius 3 is 2.12 bits per heavy atom. The number of nitrogens with zero attached hydrogens (tertiary/aromatic N) is 2. The van der Waals surface area contributed by atoms with Crippen molar-refractivity contribution in [2.24, 2.45) is 5.10 Å². The number of benzene rings is 2. The van der Waals surface area contributed by atoms with Gasteiger partial charge in [0.1, 0.15) is 11.6 Å². The van der Waals surface area contributed by atoms with Gasteiger partial charge in [0, 0.05) is 11.1 Å². The van der Waals surface area contributed by atoms with Crippen molar-refractivity contribution >= 4 is 11.5 Å². The van der Waals surface area contributed by atoms with Gasteiger partial charge in [0.05, 0.1) is 11.9 Å². The maximum atomic E-state index is 13.6. The van der Waals surface area contributed by atoms with Gasteiger partial charge in [-0.25, -0.2) is 9.37 Å². The molecule has 0 aliphatic heterocycles. The molecule has 0 amide bonds. The number of hydrazone groups is 1. The molecular weight excluding hydrogens is 301 g/mol. The van der Waals surface area contributed by atoms with Gasteiger partial charge in [0.2, 0.25) is 0 Å². The lowest BCUT2D eigenvalue weighted by Crippen LogP contribution is -2.07. The van der Waals surface area contributed by atoms with Gasteiger partial charge in [-0.2, -0.15) is 5.10 Å². The van der Waals surface area contributed by atoms with Crippen LogP contribution >= 0.6 is 0 Å². The first-order valence-electron chi connectivity index (χ1n) is 7.87. The minimum atomic E-state index is -0.293. The highest BCUT2D eigenvalue weighted by molar-refractivity contribution is 6.13. The highest BCUT2D eigenvalue weighted by Gasteiger charge is 2.07. The fraction of sp³-hybridized carbons (Fsp3) is 0.100. The van der Waals surface area contributed by atoms with Crippen LogP contribution in [-0.2, 0) is 6.42 Å². The Kier molecular flexibility index (Phi) is 4.96. The summed E-state index contributed by atoms with van der Waals surface area (Å²) >= 11 is 0. The molecule has 3 rings (SSSR count). The van der Waals surface area contributed by atoms with Crippen molar-refractivity contribution < 1.29 is 4.39 Å². The Morgan fingerprint density at radius 1 is 1.00 bits per heavy atom. The molecular formula is C20H18FN3. The summed E-state index contributed by atoms with van der Waals surface area (Å²) in [4.78, 5) is 4.05. The van der Waals surface area contributed by atoms with Gasteiger partial charge in [-0.3, -0.25) is 5.43 Å². The Hall–Kier alpha value is -3.01. The summed E-state index contributed by atoms with van der Waals surface area (Å²) in [5.41, 5.74) is 6.36. The van der Waals surface area contributed by atoms with Gasteiger partial charge in [-0.15, -0.1) is 0 Å². The molecule has 0 aliphatic rings.